The van der Waals surface area contributed by atoms with Crippen molar-refractivity contribution >= 4 is 15.9 Å². The number of hydrogen-bond donors (Lipinski definition) is 0. The van der Waals surface area contributed by atoms with Gasteiger partial charge >= 0.3 is 6.08 Å². The van der Waals surface area contributed by atoms with Crippen LogP contribution in [0.4, 0.5) is 17.6 Å². The minimum atomic E-state index is -2.60. The zero-order valence-electron chi connectivity index (χ0n) is 4.17. The molecule has 0 aromatic carbocycles. The van der Waals surface area contributed by atoms with E-state index in [2.05, 4.69) is 15.9 Å². The first-order chi connectivity index (χ1) is 4.09. The van der Waals surface area contributed by atoms with Gasteiger partial charge in [0.2, 0.25) is 0 Å². The molecule has 0 amide bonds. The quantitative estimate of drug-likeness (QED) is 0.482. The molecule has 1 unspecified atom stereocenters. The Labute approximate surface area is 57.7 Å². The fraction of sp³-hybridized carbons (Fsp3) is 0.500. The van der Waals surface area contributed by atoms with Crippen LogP contribution in [0.25, 0.3) is 0 Å². The molecule has 1 atom stereocenters. The summed E-state index contributed by atoms with van der Waals surface area (Å²) in [4.78, 5) is 0. The lowest BCUT2D eigenvalue weighted by Crippen LogP contribution is -2.02. The summed E-state index contributed by atoms with van der Waals surface area (Å²) in [7, 11) is 0. The normalized spacial score (nSPS) is 13.0. The maximum Gasteiger partial charge on any atom is 0.304 e. The molecule has 0 spiro atoms. The molecule has 0 nitrogen and oxygen atoms in total. The van der Waals surface area contributed by atoms with Crippen molar-refractivity contribution in [2.75, 3.05) is 5.33 Å². The van der Waals surface area contributed by atoms with Crippen molar-refractivity contribution in [1.29, 1.82) is 0 Å². The van der Waals surface area contributed by atoms with Crippen LogP contribution in [0.5, 0.6) is 0 Å². The van der Waals surface area contributed by atoms with Crippen LogP contribution in [0.1, 0.15) is 0 Å². The lowest BCUT2D eigenvalue weighted by atomic mass is 10.4. The summed E-state index contributed by atoms with van der Waals surface area (Å²) in [6, 6.07) is 0. The van der Waals surface area contributed by atoms with Gasteiger partial charge in [-0.25, -0.2) is 8.78 Å². The highest BCUT2D eigenvalue weighted by molar-refractivity contribution is 9.09. The van der Waals surface area contributed by atoms with E-state index in [1.165, 1.54) is 0 Å². The van der Waals surface area contributed by atoms with Crippen molar-refractivity contribution in [3.8, 4) is 0 Å². The topological polar surface area (TPSA) is 0 Å². The largest absolute Gasteiger partial charge is 0.304 e. The zero-order chi connectivity index (χ0) is 7.44. The van der Waals surface area contributed by atoms with Crippen LogP contribution in [0.15, 0.2) is 11.9 Å². The second-order valence-electron chi connectivity index (χ2n) is 1.23. The van der Waals surface area contributed by atoms with E-state index < -0.39 is 23.4 Å². The zero-order valence-corrected chi connectivity index (χ0v) is 5.76. The van der Waals surface area contributed by atoms with Crippen molar-refractivity contribution in [1.82, 2.24) is 0 Å². The molecular weight excluding hydrogens is 204 g/mol. The van der Waals surface area contributed by atoms with Crippen LogP contribution in [-0.2, 0) is 0 Å². The molecule has 0 rings (SSSR count). The molecule has 0 saturated carbocycles. The molecule has 0 heterocycles. The van der Waals surface area contributed by atoms with Gasteiger partial charge in [-0.2, -0.15) is 8.78 Å². The van der Waals surface area contributed by atoms with Gasteiger partial charge in [0.05, 0.1) is 0 Å². The highest BCUT2D eigenvalue weighted by Crippen LogP contribution is 2.17. The summed E-state index contributed by atoms with van der Waals surface area (Å²) in [5, 5.41) is -0.448. The summed E-state index contributed by atoms with van der Waals surface area (Å²) in [5.74, 6) is -1.99. The third kappa shape index (κ3) is 2.84. The maximum atomic E-state index is 11.8. The highest BCUT2D eigenvalue weighted by atomic mass is 79.9. The minimum Gasteiger partial charge on any atom is -0.239 e. The van der Waals surface area contributed by atoms with Crippen LogP contribution in [0.2, 0.25) is 0 Å². The van der Waals surface area contributed by atoms with Crippen LogP contribution in [-0.4, -0.2) is 11.5 Å². The lowest BCUT2D eigenvalue weighted by Gasteiger charge is -1.96. The molecule has 0 aromatic rings. The molecule has 0 N–H and O–H groups in total. The Morgan fingerprint density at radius 1 is 1.33 bits per heavy atom. The third-order valence-corrected chi connectivity index (χ3v) is 1.16. The Bertz CT molecular complexity index is 118. The van der Waals surface area contributed by atoms with Gasteiger partial charge in [-0.1, -0.05) is 15.9 Å². The van der Waals surface area contributed by atoms with Gasteiger partial charge in [0, 0.05) is 5.33 Å². The molecule has 0 aliphatic rings. The van der Waals surface area contributed by atoms with Gasteiger partial charge in [0.1, 0.15) is 0 Å². The minimum absolute atomic E-state index is 0.448. The molecule has 0 aromatic heterocycles. The van der Waals surface area contributed by atoms with E-state index in [0.29, 0.717) is 0 Å². The van der Waals surface area contributed by atoms with Crippen LogP contribution in [0, 0.1) is 0 Å². The number of rotatable bonds is 2. The van der Waals surface area contributed by atoms with Gasteiger partial charge in [-0.3, -0.25) is 0 Å². The SMILES string of the molecule is FC(F)=C(F)C(F)CBr. The molecule has 0 aliphatic heterocycles. The van der Waals surface area contributed by atoms with Crippen molar-refractivity contribution in [2.24, 2.45) is 0 Å². The summed E-state index contributed by atoms with van der Waals surface area (Å²) in [6.45, 7) is 0. The van der Waals surface area contributed by atoms with Gasteiger partial charge in [0.15, 0.2) is 12.0 Å². The average Bonchev–Trinajstić information content (AvgIpc) is 1.84. The van der Waals surface area contributed by atoms with E-state index in [1.54, 1.807) is 0 Å². The van der Waals surface area contributed by atoms with E-state index in [9.17, 15) is 17.6 Å². The molecule has 9 heavy (non-hydrogen) atoms. The van der Waals surface area contributed by atoms with Gasteiger partial charge < -0.3 is 0 Å². The van der Waals surface area contributed by atoms with Crippen molar-refractivity contribution < 1.29 is 17.6 Å². The molecule has 0 radical (unpaired) electrons. The smallest absolute Gasteiger partial charge is 0.239 e. The Kier molecular flexibility index (Phi) is 3.84. The van der Waals surface area contributed by atoms with Crippen molar-refractivity contribution in [3.05, 3.63) is 11.9 Å². The van der Waals surface area contributed by atoms with Gasteiger partial charge in [0.25, 0.3) is 0 Å². The molecule has 54 valence electrons. The summed E-state index contributed by atoms with van der Waals surface area (Å²) in [6.07, 6.45) is -4.82. The highest BCUT2D eigenvalue weighted by Gasteiger charge is 2.16. The maximum absolute atomic E-state index is 11.8. The van der Waals surface area contributed by atoms with Crippen molar-refractivity contribution in [2.45, 2.75) is 6.17 Å². The Morgan fingerprint density at radius 3 is 1.89 bits per heavy atom. The van der Waals surface area contributed by atoms with E-state index in [0.717, 1.165) is 0 Å². The average molecular weight is 207 g/mol. The van der Waals surface area contributed by atoms with Crippen LogP contribution >= 0.6 is 15.9 Å². The Balaban J connectivity index is 4.02. The lowest BCUT2D eigenvalue weighted by molar-refractivity contribution is 0.300. The number of hydrogen-bond acceptors (Lipinski definition) is 0. The Hall–Kier alpha value is -0.0600. The van der Waals surface area contributed by atoms with Crippen LogP contribution < -0.4 is 0 Å². The molecule has 0 bridgehead atoms. The number of halogens is 5. The van der Waals surface area contributed by atoms with E-state index in [1.807, 2.05) is 0 Å². The second kappa shape index (κ2) is 3.87. The Morgan fingerprint density at radius 2 is 1.78 bits per heavy atom. The summed E-state index contributed by atoms with van der Waals surface area (Å²) < 4.78 is 45.7. The molecule has 0 fully saturated rings. The molecule has 5 heteroatoms. The fourth-order valence-electron chi connectivity index (χ4n) is 0.186. The van der Waals surface area contributed by atoms with E-state index in [4.69, 9.17) is 0 Å². The first-order valence-electron chi connectivity index (χ1n) is 2.00. The summed E-state index contributed by atoms with van der Waals surface area (Å²) >= 11 is 2.50. The summed E-state index contributed by atoms with van der Waals surface area (Å²) in [5.41, 5.74) is 0. The predicted molar refractivity (Wildman–Crippen MR) is 29.0 cm³/mol. The molecular formula is C4H3BrF4. The predicted octanol–water partition coefficient (Wildman–Crippen LogP) is 2.80. The number of allylic oxidation sites excluding steroid dienone is 1. The number of alkyl halides is 2. The fourth-order valence-corrected chi connectivity index (χ4v) is 0.470. The standard InChI is InChI=1S/C4H3BrF4/c5-1-2(6)3(7)4(8)9/h2H,1H2. The second-order valence-corrected chi connectivity index (χ2v) is 1.88. The first kappa shape index (κ1) is 8.94. The third-order valence-electron chi connectivity index (χ3n) is 0.591. The van der Waals surface area contributed by atoms with Crippen LogP contribution in [0.3, 0.4) is 0 Å². The first-order valence-corrected chi connectivity index (χ1v) is 3.12. The van der Waals surface area contributed by atoms with Gasteiger partial charge in [-0.05, 0) is 0 Å². The van der Waals surface area contributed by atoms with E-state index in [-0.39, 0.29) is 0 Å². The monoisotopic (exact) mass is 206 g/mol. The van der Waals surface area contributed by atoms with E-state index >= 15 is 0 Å². The molecule has 0 aliphatic carbocycles. The van der Waals surface area contributed by atoms with Gasteiger partial charge in [-0.15, -0.1) is 0 Å². The molecule has 0 saturated heterocycles. The van der Waals surface area contributed by atoms with Crippen molar-refractivity contribution in [3.63, 3.8) is 0 Å².